The number of rotatable bonds is 4. The Morgan fingerprint density at radius 3 is 3.00 bits per heavy atom. The smallest absolute Gasteiger partial charge is 0.259 e. The van der Waals surface area contributed by atoms with Gasteiger partial charge in [0.05, 0.1) is 24.4 Å². The van der Waals surface area contributed by atoms with Crippen LogP contribution in [0.3, 0.4) is 0 Å². The van der Waals surface area contributed by atoms with Crippen LogP contribution in [0.2, 0.25) is 0 Å². The number of hydrogen-bond acceptors (Lipinski definition) is 4. The van der Waals surface area contributed by atoms with Crippen molar-refractivity contribution in [1.82, 2.24) is 19.2 Å². The standard InChI is InChI=1S/C22H24N4O3/c27-12-11-26-10-7-19(23-26)16-4-2-8-25(13-16)22(29)18-14-24-9-6-15-3-1-5-17(20(15)24)21(18)28/h1,3,5,7,10,14,16,27H,2,4,6,8-9,11-13H2. The van der Waals surface area contributed by atoms with Crippen molar-refractivity contribution < 1.29 is 9.90 Å². The van der Waals surface area contributed by atoms with Crippen LogP contribution in [0, 0.1) is 0 Å². The van der Waals surface area contributed by atoms with E-state index in [4.69, 9.17) is 5.11 Å². The van der Waals surface area contributed by atoms with Crippen LogP contribution in [0.1, 0.15) is 40.4 Å². The van der Waals surface area contributed by atoms with Gasteiger partial charge in [0.2, 0.25) is 5.43 Å². The quantitative estimate of drug-likeness (QED) is 0.734. The lowest BCUT2D eigenvalue weighted by Gasteiger charge is -2.32. The Labute approximate surface area is 168 Å². The molecule has 5 rings (SSSR count). The lowest BCUT2D eigenvalue weighted by Crippen LogP contribution is -2.41. The average molecular weight is 392 g/mol. The first-order valence-electron chi connectivity index (χ1n) is 10.2. The third kappa shape index (κ3) is 3.06. The van der Waals surface area contributed by atoms with Gasteiger partial charge in [0.15, 0.2) is 0 Å². The molecule has 1 amide bonds. The minimum Gasteiger partial charge on any atom is -0.394 e. The number of carbonyl (C=O) groups is 1. The second kappa shape index (κ2) is 7.15. The second-order valence-corrected chi connectivity index (χ2v) is 7.95. The maximum absolute atomic E-state index is 13.3. The van der Waals surface area contributed by atoms with Gasteiger partial charge in [-0.15, -0.1) is 0 Å². The van der Waals surface area contributed by atoms with Crippen LogP contribution < -0.4 is 5.43 Å². The molecule has 1 N–H and O–H groups in total. The van der Waals surface area contributed by atoms with Crippen molar-refractivity contribution in [3.63, 3.8) is 0 Å². The van der Waals surface area contributed by atoms with E-state index in [1.807, 2.05) is 24.4 Å². The maximum Gasteiger partial charge on any atom is 0.259 e. The number of pyridine rings is 1. The van der Waals surface area contributed by atoms with E-state index in [9.17, 15) is 9.59 Å². The molecule has 4 heterocycles. The molecule has 3 aromatic rings. The molecule has 7 heteroatoms. The minimum absolute atomic E-state index is 0.0480. The molecule has 7 nitrogen and oxygen atoms in total. The van der Waals surface area contributed by atoms with E-state index in [-0.39, 0.29) is 29.4 Å². The zero-order valence-electron chi connectivity index (χ0n) is 16.3. The lowest BCUT2D eigenvalue weighted by molar-refractivity contribution is 0.0703. The predicted molar refractivity (Wildman–Crippen MR) is 109 cm³/mol. The molecule has 2 aliphatic heterocycles. The Morgan fingerprint density at radius 1 is 1.24 bits per heavy atom. The Kier molecular flexibility index (Phi) is 4.47. The molecule has 2 aromatic heterocycles. The van der Waals surface area contributed by atoms with Crippen LogP contribution in [0.4, 0.5) is 0 Å². The summed E-state index contributed by atoms with van der Waals surface area (Å²) in [4.78, 5) is 28.2. The number of amides is 1. The van der Waals surface area contributed by atoms with Crippen LogP contribution in [-0.4, -0.2) is 50.0 Å². The van der Waals surface area contributed by atoms with Crippen molar-refractivity contribution in [1.29, 1.82) is 0 Å². The van der Waals surface area contributed by atoms with Gasteiger partial charge >= 0.3 is 0 Å². The monoisotopic (exact) mass is 392 g/mol. The summed E-state index contributed by atoms with van der Waals surface area (Å²) in [6, 6.07) is 7.74. The molecule has 1 atom stereocenters. The molecule has 1 aromatic carbocycles. The lowest BCUT2D eigenvalue weighted by atomic mass is 9.94. The number of nitrogens with zero attached hydrogens (tertiary/aromatic N) is 4. The topological polar surface area (TPSA) is 80.4 Å². The third-order valence-corrected chi connectivity index (χ3v) is 6.15. The highest BCUT2D eigenvalue weighted by Gasteiger charge is 2.29. The number of aliphatic hydroxyl groups is 1. The van der Waals surface area contributed by atoms with Crippen molar-refractivity contribution in [2.75, 3.05) is 19.7 Å². The van der Waals surface area contributed by atoms with Gasteiger partial charge in [0.1, 0.15) is 5.56 Å². The zero-order chi connectivity index (χ0) is 20.0. The number of para-hydroxylation sites is 1. The van der Waals surface area contributed by atoms with Gasteiger partial charge in [-0.1, -0.05) is 12.1 Å². The molecule has 0 saturated carbocycles. The third-order valence-electron chi connectivity index (χ3n) is 6.15. The molecule has 0 aliphatic carbocycles. The fourth-order valence-electron chi connectivity index (χ4n) is 4.70. The van der Waals surface area contributed by atoms with Crippen LogP contribution in [0.5, 0.6) is 0 Å². The largest absolute Gasteiger partial charge is 0.394 e. The molecule has 0 radical (unpaired) electrons. The maximum atomic E-state index is 13.3. The summed E-state index contributed by atoms with van der Waals surface area (Å²) < 4.78 is 3.78. The van der Waals surface area contributed by atoms with Crippen LogP contribution in [0.25, 0.3) is 10.9 Å². The normalized spacial score (nSPS) is 18.5. The predicted octanol–water partition coefficient (Wildman–Crippen LogP) is 1.77. The van der Waals surface area contributed by atoms with Crippen LogP contribution >= 0.6 is 0 Å². The van der Waals surface area contributed by atoms with Crippen molar-refractivity contribution in [2.24, 2.45) is 0 Å². The number of likely N-dealkylation sites (tertiary alicyclic amines) is 1. The Balaban J connectivity index is 1.43. The van der Waals surface area contributed by atoms with Gasteiger partial charge in [0.25, 0.3) is 5.91 Å². The number of aliphatic hydroxyl groups excluding tert-OH is 1. The van der Waals surface area contributed by atoms with Crippen molar-refractivity contribution in [3.05, 3.63) is 63.7 Å². The molecule has 0 spiro atoms. The van der Waals surface area contributed by atoms with Gasteiger partial charge in [-0.25, -0.2) is 0 Å². The summed E-state index contributed by atoms with van der Waals surface area (Å²) in [5, 5.41) is 14.3. The summed E-state index contributed by atoms with van der Waals surface area (Å²) >= 11 is 0. The van der Waals surface area contributed by atoms with E-state index >= 15 is 0 Å². The zero-order valence-corrected chi connectivity index (χ0v) is 16.3. The first kappa shape index (κ1) is 18.1. The average Bonchev–Trinajstić information content (AvgIpc) is 3.38. The highest BCUT2D eigenvalue weighted by atomic mass is 16.3. The molecule has 1 fully saturated rings. The van der Waals surface area contributed by atoms with Gasteiger partial charge in [-0.05, 0) is 37.0 Å². The summed E-state index contributed by atoms with van der Waals surface area (Å²) in [5.41, 5.74) is 3.19. The SMILES string of the molecule is O=C(c1cn2c3c(cccc3c1=O)CC2)N1CCCC(c2ccn(CCO)n2)C1. The molecule has 29 heavy (non-hydrogen) atoms. The Hall–Kier alpha value is -2.93. The van der Waals surface area contributed by atoms with Crippen molar-refractivity contribution >= 4 is 16.8 Å². The molecule has 1 unspecified atom stereocenters. The van der Waals surface area contributed by atoms with Crippen molar-refractivity contribution in [2.45, 2.75) is 38.3 Å². The summed E-state index contributed by atoms with van der Waals surface area (Å²) in [7, 11) is 0. The van der Waals surface area contributed by atoms with E-state index < -0.39 is 0 Å². The van der Waals surface area contributed by atoms with Crippen LogP contribution in [-0.2, 0) is 19.5 Å². The number of piperidine rings is 1. The Morgan fingerprint density at radius 2 is 2.14 bits per heavy atom. The molecule has 2 aliphatic rings. The molecule has 1 saturated heterocycles. The fourth-order valence-corrected chi connectivity index (χ4v) is 4.70. The van der Waals surface area contributed by atoms with E-state index in [1.54, 1.807) is 15.8 Å². The highest BCUT2D eigenvalue weighted by molar-refractivity contribution is 5.98. The summed E-state index contributed by atoms with van der Waals surface area (Å²) in [5.74, 6) is -0.0324. The summed E-state index contributed by atoms with van der Waals surface area (Å²) in [6.07, 6.45) is 6.36. The fraction of sp³-hybridized carbons (Fsp3) is 0.409. The van der Waals surface area contributed by atoms with Gasteiger partial charge in [0, 0.05) is 43.3 Å². The number of carbonyl (C=O) groups excluding carboxylic acids is 1. The van der Waals surface area contributed by atoms with E-state index in [1.165, 1.54) is 5.56 Å². The van der Waals surface area contributed by atoms with E-state index in [2.05, 4.69) is 15.7 Å². The highest BCUT2D eigenvalue weighted by Crippen LogP contribution is 2.28. The first-order chi connectivity index (χ1) is 14.2. The van der Waals surface area contributed by atoms with Gasteiger partial charge in [-0.3, -0.25) is 14.3 Å². The Bertz CT molecular complexity index is 1150. The number of aryl methyl sites for hydroxylation is 2. The minimum atomic E-state index is -0.183. The first-order valence-corrected chi connectivity index (χ1v) is 10.2. The van der Waals surface area contributed by atoms with Gasteiger partial charge in [-0.2, -0.15) is 5.10 Å². The summed E-state index contributed by atoms with van der Waals surface area (Å²) in [6.45, 7) is 2.54. The van der Waals surface area contributed by atoms with Crippen molar-refractivity contribution in [3.8, 4) is 0 Å². The second-order valence-electron chi connectivity index (χ2n) is 7.95. The van der Waals surface area contributed by atoms with E-state index in [0.29, 0.717) is 25.0 Å². The van der Waals surface area contributed by atoms with Gasteiger partial charge < -0.3 is 14.6 Å². The molecule has 150 valence electrons. The molecular weight excluding hydrogens is 368 g/mol. The van der Waals surface area contributed by atoms with Crippen LogP contribution in [0.15, 0.2) is 41.5 Å². The molecular formula is C22H24N4O3. The number of benzene rings is 1. The van der Waals surface area contributed by atoms with E-state index in [0.717, 1.165) is 37.0 Å². The number of hydrogen-bond donors (Lipinski definition) is 1. The molecule has 0 bridgehead atoms. The number of aromatic nitrogens is 3.